The smallest absolute Gasteiger partial charge is 0.462 e. The van der Waals surface area contributed by atoms with Crippen molar-refractivity contribution in [1.82, 2.24) is 0 Å². The molecular formula is C73H142O17P2. The number of phosphoric ester groups is 2. The van der Waals surface area contributed by atoms with E-state index >= 15 is 0 Å². The number of carbonyl (C=O) groups is 4. The van der Waals surface area contributed by atoms with E-state index in [0.29, 0.717) is 25.7 Å². The highest BCUT2D eigenvalue weighted by molar-refractivity contribution is 7.47. The number of hydrogen-bond acceptors (Lipinski definition) is 15. The predicted molar refractivity (Wildman–Crippen MR) is 372 cm³/mol. The molecule has 3 N–H and O–H groups in total. The lowest BCUT2D eigenvalue weighted by atomic mass is 9.99. The number of phosphoric acid groups is 2. The van der Waals surface area contributed by atoms with Crippen molar-refractivity contribution in [2.75, 3.05) is 39.6 Å². The minimum atomic E-state index is -4.96. The molecule has 0 rings (SSSR count). The van der Waals surface area contributed by atoms with Crippen molar-refractivity contribution in [2.24, 2.45) is 23.7 Å². The van der Waals surface area contributed by atoms with E-state index in [4.69, 9.17) is 37.0 Å². The van der Waals surface area contributed by atoms with Crippen LogP contribution in [0.1, 0.15) is 364 Å². The number of esters is 4. The van der Waals surface area contributed by atoms with Crippen LogP contribution in [0.15, 0.2) is 0 Å². The molecule has 0 bridgehead atoms. The normalized spacial score (nSPS) is 14.8. The highest BCUT2D eigenvalue weighted by Crippen LogP contribution is 2.45. The zero-order valence-electron chi connectivity index (χ0n) is 60.2. The van der Waals surface area contributed by atoms with Gasteiger partial charge < -0.3 is 33.8 Å². The SMILES string of the molecule is CCC(C)CCCCCCCCCCCCCCCCC(=O)O[C@H](COC(=O)CCCCCCCCCCC(C)C)COP(=O)(O)OCC(O)COP(=O)(O)OC[C@@H](COC(=O)CCCCCCCCCCC(C)C)OC(=O)CCCCCCCCCCC(C)CC. The van der Waals surface area contributed by atoms with E-state index in [2.05, 4.69) is 55.4 Å². The topological polar surface area (TPSA) is 237 Å². The fraction of sp³-hybridized carbons (Fsp3) is 0.945. The van der Waals surface area contributed by atoms with Gasteiger partial charge in [0.1, 0.15) is 19.3 Å². The molecule has 7 atom stereocenters. The summed E-state index contributed by atoms with van der Waals surface area (Å²) < 4.78 is 68.4. The van der Waals surface area contributed by atoms with Gasteiger partial charge in [-0.05, 0) is 49.4 Å². The summed E-state index contributed by atoms with van der Waals surface area (Å²) in [4.78, 5) is 72.7. The number of unbranched alkanes of at least 4 members (excludes halogenated alkanes) is 34. The fourth-order valence-electron chi connectivity index (χ4n) is 11.0. The predicted octanol–water partition coefficient (Wildman–Crippen LogP) is 20.9. The maximum Gasteiger partial charge on any atom is 0.472 e. The molecule has 5 unspecified atom stereocenters. The number of ether oxygens (including phenoxy) is 4. The Balaban J connectivity index is 5.24. The van der Waals surface area contributed by atoms with Crippen molar-refractivity contribution in [2.45, 2.75) is 382 Å². The van der Waals surface area contributed by atoms with E-state index in [9.17, 15) is 43.2 Å². The Labute approximate surface area is 562 Å². The van der Waals surface area contributed by atoms with E-state index in [1.165, 1.54) is 167 Å². The average Bonchev–Trinajstić information content (AvgIpc) is 2.65. The highest BCUT2D eigenvalue weighted by Gasteiger charge is 2.30. The van der Waals surface area contributed by atoms with Crippen LogP contribution in [0.25, 0.3) is 0 Å². The first kappa shape index (κ1) is 90.1. The van der Waals surface area contributed by atoms with Gasteiger partial charge in [-0.3, -0.25) is 37.3 Å². The van der Waals surface area contributed by atoms with Gasteiger partial charge in [-0.25, -0.2) is 9.13 Å². The Morgan fingerprint density at radius 3 is 0.772 bits per heavy atom. The molecule has 0 heterocycles. The monoisotopic (exact) mass is 1350 g/mol. The van der Waals surface area contributed by atoms with Crippen LogP contribution in [0, 0.1) is 23.7 Å². The minimum absolute atomic E-state index is 0.104. The molecule has 19 heteroatoms. The van der Waals surface area contributed by atoms with E-state index in [-0.39, 0.29) is 25.7 Å². The minimum Gasteiger partial charge on any atom is -0.462 e. The summed E-state index contributed by atoms with van der Waals surface area (Å²) in [5, 5.41) is 10.6. The van der Waals surface area contributed by atoms with Crippen molar-refractivity contribution < 1.29 is 80.2 Å². The van der Waals surface area contributed by atoms with Crippen LogP contribution in [-0.4, -0.2) is 96.7 Å². The molecule has 0 saturated heterocycles. The van der Waals surface area contributed by atoms with Crippen molar-refractivity contribution in [3.8, 4) is 0 Å². The van der Waals surface area contributed by atoms with Gasteiger partial charge in [0.15, 0.2) is 12.2 Å². The molecule has 0 amide bonds. The summed E-state index contributed by atoms with van der Waals surface area (Å²) in [6.07, 6.45) is 45.8. The van der Waals surface area contributed by atoms with Crippen LogP contribution in [0.5, 0.6) is 0 Å². The summed E-state index contributed by atoms with van der Waals surface area (Å²) >= 11 is 0. The Hall–Kier alpha value is -1.94. The van der Waals surface area contributed by atoms with Crippen LogP contribution in [-0.2, 0) is 65.4 Å². The number of rotatable bonds is 70. The van der Waals surface area contributed by atoms with Gasteiger partial charge in [0, 0.05) is 25.7 Å². The van der Waals surface area contributed by atoms with E-state index < -0.39 is 97.5 Å². The van der Waals surface area contributed by atoms with Gasteiger partial charge in [0.25, 0.3) is 0 Å². The number of aliphatic hydroxyl groups is 1. The first-order valence-corrected chi connectivity index (χ1v) is 40.8. The molecule has 0 fully saturated rings. The summed E-state index contributed by atoms with van der Waals surface area (Å²) in [6, 6.07) is 0. The van der Waals surface area contributed by atoms with Gasteiger partial charge in [-0.1, -0.05) is 312 Å². The number of aliphatic hydroxyl groups excluding tert-OH is 1. The first-order chi connectivity index (χ1) is 44.2. The van der Waals surface area contributed by atoms with Crippen LogP contribution in [0.4, 0.5) is 0 Å². The van der Waals surface area contributed by atoms with Crippen LogP contribution in [0.3, 0.4) is 0 Å². The lowest BCUT2D eigenvalue weighted by Gasteiger charge is -2.21. The van der Waals surface area contributed by atoms with E-state index in [0.717, 1.165) is 114 Å². The van der Waals surface area contributed by atoms with E-state index in [1.54, 1.807) is 0 Å². The molecule has 0 aliphatic carbocycles. The average molecular weight is 1350 g/mol. The largest absolute Gasteiger partial charge is 0.472 e. The number of hydrogen-bond donors (Lipinski definition) is 3. The molecule has 0 spiro atoms. The van der Waals surface area contributed by atoms with Crippen LogP contribution < -0.4 is 0 Å². The molecule has 0 aromatic carbocycles. The standard InChI is InChI=1S/C73H142O17P2/c1-9-65(7)51-43-35-27-17-15-13-11-12-14-16-18-31-39-47-55-72(77)89-68(59-83-70(75)53-45-37-29-22-19-25-33-41-49-63(3)4)61-87-91(79,80)85-57-67(74)58-86-92(81,82)88-62-69(60-84-71(76)54-46-38-30-23-20-26-34-42-50-64(5)6)90-73(78)56-48-40-32-24-21-28-36-44-52-66(8)10-2/h63-69,74H,9-62H2,1-8H3,(H,79,80)(H,81,82)/t65?,66?,67?,68-,69-/m1/s1. The third kappa shape index (κ3) is 64.1. The molecule has 0 aliphatic heterocycles. The molecule has 92 heavy (non-hydrogen) atoms. The maximum absolute atomic E-state index is 13.0. The molecule has 0 aliphatic rings. The maximum atomic E-state index is 13.0. The fourth-order valence-corrected chi connectivity index (χ4v) is 12.5. The van der Waals surface area contributed by atoms with Gasteiger partial charge in [-0.2, -0.15) is 0 Å². The quantitative estimate of drug-likeness (QED) is 0.0222. The molecule has 17 nitrogen and oxygen atoms in total. The summed E-state index contributed by atoms with van der Waals surface area (Å²) in [6.45, 7) is 14.2. The second-order valence-corrected chi connectivity index (χ2v) is 30.7. The zero-order valence-corrected chi connectivity index (χ0v) is 62.0. The summed E-state index contributed by atoms with van der Waals surface area (Å²) in [5.74, 6) is 0.941. The van der Waals surface area contributed by atoms with Gasteiger partial charge in [0.2, 0.25) is 0 Å². The van der Waals surface area contributed by atoms with Crippen molar-refractivity contribution in [3.05, 3.63) is 0 Å². The molecule has 0 aromatic heterocycles. The molecule has 0 radical (unpaired) electrons. The molecule has 0 saturated carbocycles. The van der Waals surface area contributed by atoms with Crippen molar-refractivity contribution in [3.63, 3.8) is 0 Å². The molecule has 0 aromatic rings. The molecule has 546 valence electrons. The van der Waals surface area contributed by atoms with Crippen LogP contribution >= 0.6 is 15.6 Å². The van der Waals surface area contributed by atoms with E-state index in [1.807, 2.05) is 0 Å². The first-order valence-electron chi connectivity index (χ1n) is 37.8. The molecular weight excluding hydrogens is 1210 g/mol. The van der Waals surface area contributed by atoms with Crippen LogP contribution in [0.2, 0.25) is 0 Å². The highest BCUT2D eigenvalue weighted by atomic mass is 31.2. The number of carbonyl (C=O) groups excluding carboxylic acids is 4. The summed E-state index contributed by atoms with van der Waals surface area (Å²) in [7, 11) is -9.91. The van der Waals surface area contributed by atoms with Gasteiger partial charge >= 0.3 is 39.5 Å². The third-order valence-electron chi connectivity index (χ3n) is 17.5. The van der Waals surface area contributed by atoms with Gasteiger partial charge in [0.05, 0.1) is 26.4 Å². The lowest BCUT2D eigenvalue weighted by Crippen LogP contribution is -2.30. The lowest BCUT2D eigenvalue weighted by molar-refractivity contribution is -0.161. The van der Waals surface area contributed by atoms with Gasteiger partial charge in [-0.15, -0.1) is 0 Å². The Kier molecular flexibility index (Phi) is 61.3. The zero-order chi connectivity index (χ0) is 68.2. The second kappa shape index (κ2) is 62.6. The van der Waals surface area contributed by atoms with Crippen molar-refractivity contribution in [1.29, 1.82) is 0 Å². The Morgan fingerprint density at radius 1 is 0.304 bits per heavy atom. The summed E-state index contributed by atoms with van der Waals surface area (Å²) in [5.41, 5.74) is 0. The Bertz CT molecular complexity index is 1820. The Morgan fingerprint density at radius 2 is 0.522 bits per heavy atom. The van der Waals surface area contributed by atoms with Crippen molar-refractivity contribution >= 4 is 39.5 Å². The third-order valence-corrected chi connectivity index (χ3v) is 19.4. The second-order valence-electron chi connectivity index (χ2n) is 27.8.